The zero-order valence-electron chi connectivity index (χ0n) is 8.16. The lowest BCUT2D eigenvalue weighted by Crippen LogP contribution is -2.20. The number of halogens is 2. The lowest BCUT2D eigenvalue weighted by molar-refractivity contribution is 0.898. The minimum absolute atomic E-state index is 0.0445. The molecule has 0 radical (unpaired) electrons. The van der Waals surface area contributed by atoms with Crippen molar-refractivity contribution >= 4 is 34.2 Å². The van der Waals surface area contributed by atoms with Gasteiger partial charge in [0.05, 0.1) is 10.5 Å². The normalized spacial score (nSPS) is 10.4. The van der Waals surface area contributed by atoms with E-state index in [9.17, 15) is 4.79 Å². The molecular weight excluding hydrogens is 249 g/mol. The monoisotopic (exact) mass is 253 g/mol. The maximum absolute atomic E-state index is 11.7. The molecular formula is C10H5Cl2N3O. The quantitative estimate of drug-likeness (QED) is 0.676. The van der Waals surface area contributed by atoms with Crippen molar-refractivity contribution in [2.75, 3.05) is 0 Å². The van der Waals surface area contributed by atoms with Gasteiger partial charge in [0.2, 0.25) is 0 Å². The second kappa shape index (κ2) is 3.78. The molecule has 6 heteroatoms. The Balaban J connectivity index is 3.10. The van der Waals surface area contributed by atoms with E-state index >= 15 is 0 Å². The Bertz CT molecular complexity index is 685. The molecule has 80 valence electrons. The smallest absolute Gasteiger partial charge is 0.270 e. The molecule has 0 atom stereocenters. The molecule has 0 aromatic carbocycles. The summed E-state index contributed by atoms with van der Waals surface area (Å²) in [5.74, 6) is 0. The summed E-state index contributed by atoms with van der Waals surface area (Å²) in [4.78, 5) is 15.7. The Morgan fingerprint density at radius 2 is 2.12 bits per heavy atom. The number of hydrogen-bond donors (Lipinski definition) is 0. The number of pyridine rings is 2. The van der Waals surface area contributed by atoms with Gasteiger partial charge in [-0.2, -0.15) is 5.26 Å². The van der Waals surface area contributed by atoms with Crippen LogP contribution < -0.4 is 5.56 Å². The van der Waals surface area contributed by atoms with E-state index in [1.54, 1.807) is 25.2 Å². The molecule has 0 fully saturated rings. The lowest BCUT2D eigenvalue weighted by Gasteiger charge is -2.07. The first-order valence-electron chi connectivity index (χ1n) is 4.31. The number of nitrogens with zero attached hydrogens (tertiary/aromatic N) is 3. The van der Waals surface area contributed by atoms with Crippen LogP contribution >= 0.6 is 23.2 Å². The van der Waals surface area contributed by atoms with Crippen LogP contribution in [0.2, 0.25) is 10.2 Å². The summed E-state index contributed by atoms with van der Waals surface area (Å²) in [5, 5.41) is 9.15. The van der Waals surface area contributed by atoms with Crippen LogP contribution in [0.1, 0.15) is 5.56 Å². The number of fused-ring (bicyclic) bond motifs is 1. The Morgan fingerprint density at radius 1 is 1.44 bits per heavy atom. The summed E-state index contributed by atoms with van der Waals surface area (Å²) in [6.45, 7) is 0. The maximum Gasteiger partial charge on any atom is 0.270 e. The SMILES string of the molecule is Cn1c(=O)c(C#N)c(Cl)c2nc(Cl)ccc21. The highest BCUT2D eigenvalue weighted by atomic mass is 35.5. The number of aromatic nitrogens is 2. The standard InChI is InChI=1S/C10H5Cl2N3O/c1-15-6-2-3-7(11)14-9(6)8(12)5(4-13)10(15)16/h2-3H,1H3. The van der Waals surface area contributed by atoms with Crippen LogP contribution in [-0.4, -0.2) is 9.55 Å². The van der Waals surface area contributed by atoms with Gasteiger partial charge in [-0.15, -0.1) is 0 Å². The van der Waals surface area contributed by atoms with E-state index in [2.05, 4.69) is 4.98 Å². The van der Waals surface area contributed by atoms with Gasteiger partial charge < -0.3 is 4.57 Å². The Hall–Kier alpha value is -1.57. The van der Waals surface area contributed by atoms with E-state index in [1.165, 1.54) is 4.57 Å². The molecule has 2 rings (SSSR count). The minimum Gasteiger partial charge on any atom is -0.309 e. The van der Waals surface area contributed by atoms with Crippen molar-refractivity contribution in [1.82, 2.24) is 9.55 Å². The molecule has 0 spiro atoms. The summed E-state index contributed by atoms with van der Waals surface area (Å²) in [6.07, 6.45) is 0. The van der Waals surface area contributed by atoms with Crippen molar-refractivity contribution in [2.24, 2.45) is 7.05 Å². The first-order valence-corrected chi connectivity index (χ1v) is 5.06. The van der Waals surface area contributed by atoms with E-state index in [1.807, 2.05) is 0 Å². The van der Waals surface area contributed by atoms with Crippen LogP contribution in [0.5, 0.6) is 0 Å². The van der Waals surface area contributed by atoms with Crippen molar-refractivity contribution in [2.45, 2.75) is 0 Å². The third-order valence-corrected chi connectivity index (χ3v) is 2.84. The second-order valence-corrected chi connectivity index (χ2v) is 3.93. The van der Waals surface area contributed by atoms with Crippen molar-refractivity contribution in [3.8, 4) is 6.07 Å². The molecule has 0 bridgehead atoms. The van der Waals surface area contributed by atoms with Crippen LogP contribution in [0.3, 0.4) is 0 Å². The zero-order valence-corrected chi connectivity index (χ0v) is 9.67. The largest absolute Gasteiger partial charge is 0.309 e. The van der Waals surface area contributed by atoms with Crippen molar-refractivity contribution in [3.63, 3.8) is 0 Å². The lowest BCUT2D eigenvalue weighted by atomic mass is 10.2. The van der Waals surface area contributed by atoms with Gasteiger partial charge in [-0.1, -0.05) is 23.2 Å². The topological polar surface area (TPSA) is 58.7 Å². The van der Waals surface area contributed by atoms with Crippen LogP contribution in [-0.2, 0) is 7.05 Å². The van der Waals surface area contributed by atoms with Gasteiger partial charge in [0.15, 0.2) is 0 Å². The van der Waals surface area contributed by atoms with Gasteiger partial charge in [-0.05, 0) is 12.1 Å². The highest BCUT2D eigenvalue weighted by molar-refractivity contribution is 6.36. The molecule has 0 saturated heterocycles. The number of aryl methyl sites for hydroxylation is 1. The summed E-state index contributed by atoms with van der Waals surface area (Å²) in [6, 6.07) is 4.97. The fourth-order valence-electron chi connectivity index (χ4n) is 1.45. The molecule has 16 heavy (non-hydrogen) atoms. The average molecular weight is 254 g/mol. The van der Waals surface area contributed by atoms with E-state index in [0.717, 1.165) is 0 Å². The van der Waals surface area contributed by atoms with Crippen molar-refractivity contribution < 1.29 is 0 Å². The second-order valence-electron chi connectivity index (χ2n) is 3.17. The average Bonchev–Trinajstić information content (AvgIpc) is 2.27. The summed E-state index contributed by atoms with van der Waals surface area (Å²) in [5.41, 5.74) is 0.335. The van der Waals surface area contributed by atoms with Gasteiger partial charge >= 0.3 is 0 Å². The highest BCUT2D eigenvalue weighted by Crippen LogP contribution is 2.23. The number of nitriles is 1. The van der Waals surface area contributed by atoms with Gasteiger partial charge in [-0.25, -0.2) is 4.98 Å². The third kappa shape index (κ3) is 1.45. The number of hydrogen-bond acceptors (Lipinski definition) is 3. The van der Waals surface area contributed by atoms with Crippen LogP contribution in [0, 0.1) is 11.3 Å². The molecule has 0 amide bonds. The van der Waals surface area contributed by atoms with E-state index < -0.39 is 5.56 Å². The fourth-order valence-corrected chi connectivity index (χ4v) is 1.86. The molecule has 2 aromatic heterocycles. The van der Waals surface area contributed by atoms with Crippen LogP contribution in [0.4, 0.5) is 0 Å². The molecule has 0 unspecified atom stereocenters. The number of rotatable bonds is 0. The molecule has 4 nitrogen and oxygen atoms in total. The third-order valence-electron chi connectivity index (χ3n) is 2.26. The van der Waals surface area contributed by atoms with Crippen molar-refractivity contribution in [1.29, 1.82) is 5.26 Å². The zero-order chi connectivity index (χ0) is 11.9. The van der Waals surface area contributed by atoms with E-state index in [4.69, 9.17) is 28.5 Å². The predicted octanol–water partition coefficient (Wildman–Crippen LogP) is 2.11. The Labute approximate surface area is 101 Å². The fraction of sp³-hybridized carbons (Fsp3) is 0.100. The molecule has 0 N–H and O–H groups in total. The highest BCUT2D eigenvalue weighted by Gasteiger charge is 2.14. The Morgan fingerprint density at radius 3 is 2.75 bits per heavy atom. The van der Waals surface area contributed by atoms with Gasteiger partial charge in [0.25, 0.3) is 5.56 Å². The van der Waals surface area contributed by atoms with Gasteiger partial charge in [0, 0.05) is 7.05 Å². The van der Waals surface area contributed by atoms with Crippen LogP contribution in [0.25, 0.3) is 11.0 Å². The summed E-state index contributed by atoms with van der Waals surface area (Å²) in [7, 11) is 1.55. The summed E-state index contributed by atoms with van der Waals surface area (Å²) < 4.78 is 1.32. The molecule has 0 aliphatic heterocycles. The first-order chi connectivity index (χ1) is 7.56. The molecule has 0 aliphatic rings. The minimum atomic E-state index is -0.441. The molecule has 0 saturated carbocycles. The van der Waals surface area contributed by atoms with Crippen molar-refractivity contribution in [3.05, 3.63) is 38.2 Å². The Kier molecular flexibility index (Phi) is 2.58. The van der Waals surface area contributed by atoms with Gasteiger partial charge in [-0.3, -0.25) is 4.79 Å². The molecule has 2 heterocycles. The van der Waals surface area contributed by atoms with E-state index in [-0.39, 0.29) is 15.7 Å². The predicted molar refractivity (Wildman–Crippen MR) is 61.7 cm³/mol. The maximum atomic E-state index is 11.7. The van der Waals surface area contributed by atoms with Crippen LogP contribution in [0.15, 0.2) is 16.9 Å². The van der Waals surface area contributed by atoms with E-state index in [0.29, 0.717) is 11.0 Å². The summed E-state index contributed by atoms with van der Waals surface area (Å²) >= 11 is 11.7. The molecule has 2 aromatic rings. The van der Waals surface area contributed by atoms with Gasteiger partial charge in [0.1, 0.15) is 22.3 Å². The molecule has 0 aliphatic carbocycles. The first kappa shape index (κ1) is 10.9.